The molecule has 3 heteroatoms. The molecule has 5 atom stereocenters. The normalized spacial score (nSPS) is 42.5. The number of hydrogen-bond acceptors (Lipinski definition) is 3. The number of aliphatic hydroxyl groups is 2. The highest BCUT2D eigenvalue weighted by atomic mass is 16.3. The Morgan fingerprint density at radius 2 is 2.16 bits per heavy atom. The molecule has 0 aromatic heterocycles. The third kappa shape index (κ3) is 2.38. The molecule has 0 aromatic carbocycles. The summed E-state index contributed by atoms with van der Waals surface area (Å²) in [5.41, 5.74) is 0.488. The fourth-order valence-corrected chi connectivity index (χ4v) is 4.15. The highest BCUT2D eigenvalue weighted by Gasteiger charge is 2.51. The van der Waals surface area contributed by atoms with Crippen LogP contribution in [0.5, 0.6) is 0 Å². The molecule has 5 unspecified atom stereocenters. The maximum absolute atomic E-state index is 12.5. The molecule has 0 saturated heterocycles. The van der Waals surface area contributed by atoms with Gasteiger partial charge < -0.3 is 10.2 Å². The maximum Gasteiger partial charge on any atom is 0.145 e. The van der Waals surface area contributed by atoms with Gasteiger partial charge >= 0.3 is 0 Å². The van der Waals surface area contributed by atoms with Crippen molar-refractivity contribution in [2.24, 2.45) is 23.2 Å². The van der Waals surface area contributed by atoms with Gasteiger partial charge in [-0.25, -0.2) is 0 Å². The van der Waals surface area contributed by atoms with Gasteiger partial charge in [0.25, 0.3) is 0 Å². The van der Waals surface area contributed by atoms with Gasteiger partial charge in [-0.15, -0.1) is 0 Å². The van der Waals surface area contributed by atoms with Gasteiger partial charge in [-0.2, -0.15) is 0 Å². The monoisotopic (exact) mass is 266 g/mol. The Labute approximate surface area is 115 Å². The molecule has 0 amide bonds. The Bertz CT molecular complexity index is 387. The molecule has 0 bridgehead atoms. The fraction of sp³-hybridized carbons (Fsp3) is 0.812. The zero-order valence-corrected chi connectivity index (χ0v) is 12.2. The molecule has 3 nitrogen and oxygen atoms in total. The molecule has 0 aliphatic heterocycles. The zero-order chi connectivity index (χ0) is 14.2. The summed E-state index contributed by atoms with van der Waals surface area (Å²) in [5.74, 6) is 1.17. The minimum Gasteiger partial charge on any atom is -0.396 e. The lowest BCUT2D eigenvalue weighted by atomic mass is 9.54. The van der Waals surface area contributed by atoms with Gasteiger partial charge in [-0.05, 0) is 44.4 Å². The van der Waals surface area contributed by atoms with Crippen LogP contribution in [0, 0.1) is 23.2 Å². The lowest BCUT2D eigenvalue weighted by Gasteiger charge is -2.50. The van der Waals surface area contributed by atoms with E-state index < -0.39 is 11.5 Å². The van der Waals surface area contributed by atoms with Crippen LogP contribution in [0.1, 0.15) is 46.5 Å². The number of rotatable bonds is 3. The molecule has 0 aromatic rings. The molecule has 2 N–H and O–H groups in total. The van der Waals surface area contributed by atoms with Crippen molar-refractivity contribution in [1.82, 2.24) is 0 Å². The van der Waals surface area contributed by atoms with Crippen LogP contribution in [0.4, 0.5) is 0 Å². The van der Waals surface area contributed by atoms with E-state index in [9.17, 15) is 9.90 Å². The summed E-state index contributed by atoms with van der Waals surface area (Å²) >= 11 is 0. The second-order valence-electron chi connectivity index (χ2n) is 6.63. The van der Waals surface area contributed by atoms with Gasteiger partial charge in [-0.1, -0.05) is 25.0 Å². The van der Waals surface area contributed by atoms with Crippen LogP contribution in [0.3, 0.4) is 0 Å². The molecule has 0 heterocycles. The summed E-state index contributed by atoms with van der Waals surface area (Å²) in [4.78, 5) is 12.5. The van der Waals surface area contributed by atoms with Crippen molar-refractivity contribution in [1.29, 1.82) is 0 Å². The van der Waals surface area contributed by atoms with Crippen LogP contribution >= 0.6 is 0 Å². The molecule has 19 heavy (non-hydrogen) atoms. The van der Waals surface area contributed by atoms with E-state index in [-0.39, 0.29) is 30.6 Å². The number of Topliss-reactive ketones (excluding diaryl/α,β-unsaturated/α-hetero) is 1. The summed E-state index contributed by atoms with van der Waals surface area (Å²) in [6, 6.07) is 0. The van der Waals surface area contributed by atoms with E-state index in [1.54, 1.807) is 0 Å². The first-order valence-corrected chi connectivity index (χ1v) is 7.42. The molecular weight excluding hydrogens is 240 g/mol. The van der Waals surface area contributed by atoms with E-state index in [0.717, 1.165) is 24.8 Å². The first kappa shape index (κ1) is 14.7. The number of aliphatic hydroxyl groups excluding tert-OH is 2. The van der Waals surface area contributed by atoms with E-state index in [2.05, 4.69) is 6.92 Å². The van der Waals surface area contributed by atoms with E-state index in [0.29, 0.717) is 5.92 Å². The predicted molar refractivity (Wildman–Crippen MR) is 74.6 cm³/mol. The minimum atomic E-state index is -0.493. The van der Waals surface area contributed by atoms with Crippen LogP contribution in [0.15, 0.2) is 11.6 Å². The van der Waals surface area contributed by atoms with Crippen LogP contribution < -0.4 is 0 Å². The highest BCUT2D eigenvalue weighted by Crippen LogP contribution is 2.52. The largest absolute Gasteiger partial charge is 0.396 e. The number of carbonyl (C=O) groups excluding carboxylic acids is 1. The van der Waals surface area contributed by atoms with Crippen LogP contribution in [0.2, 0.25) is 0 Å². The molecule has 2 aliphatic rings. The summed E-state index contributed by atoms with van der Waals surface area (Å²) < 4.78 is 0. The third-order valence-corrected chi connectivity index (χ3v) is 5.50. The Kier molecular flexibility index (Phi) is 4.17. The fourth-order valence-electron chi connectivity index (χ4n) is 4.15. The maximum atomic E-state index is 12.5. The Hall–Kier alpha value is -0.670. The first-order valence-electron chi connectivity index (χ1n) is 7.42. The molecule has 0 radical (unpaired) electrons. The number of allylic oxidation sites excluding steroid dienone is 1. The summed E-state index contributed by atoms with van der Waals surface area (Å²) in [7, 11) is 0. The number of hydrogen-bond donors (Lipinski definition) is 2. The standard InChI is InChI=1S/C16H26O3/c1-10-4-5-13-12(8-10)14(18)9-11(2)16(13,3)15(19)6-7-17/h9-10,12-14,17-18H,4-8H2,1-3H3. The van der Waals surface area contributed by atoms with E-state index in [4.69, 9.17) is 5.11 Å². The van der Waals surface area contributed by atoms with Gasteiger partial charge in [0.15, 0.2) is 0 Å². The van der Waals surface area contributed by atoms with Crippen LogP contribution in [-0.2, 0) is 4.79 Å². The number of carbonyl (C=O) groups is 1. The second-order valence-corrected chi connectivity index (χ2v) is 6.63. The molecular formula is C16H26O3. The molecule has 2 rings (SSSR count). The van der Waals surface area contributed by atoms with Crippen molar-refractivity contribution in [2.75, 3.05) is 6.61 Å². The lowest BCUT2D eigenvalue weighted by Crippen LogP contribution is -2.49. The van der Waals surface area contributed by atoms with E-state index in [1.165, 1.54) is 0 Å². The van der Waals surface area contributed by atoms with Gasteiger partial charge in [0, 0.05) is 13.0 Å². The van der Waals surface area contributed by atoms with E-state index in [1.807, 2.05) is 19.9 Å². The lowest BCUT2D eigenvalue weighted by molar-refractivity contribution is -0.134. The quantitative estimate of drug-likeness (QED) is 0.771. The van der Waals surface area contributed by atoms with Gasteiger partial charge in [0.2, 0.25) is 0 Å². The molecule has 0 spiro atoms. The smallest absolute Gasteiger partial charge is 0.145 e. The van der Waals surface area contributed by atoms with Crippen molar-refractivity contribution in [2.45, 2.75) is 52.6 Å². The van der Waals surface area contributed by atoms with Gasteiger partial charge in [-0.3, -0.25) is 4.79 Å². The van der Waals surface area contributed by atoms with Crippen molar-refractivity contribution < 1.29 is 15.0 Å². The summed E-state index contributed by atoms with van der Waals surface area (Å²) in [6.07, 6.45) is 4.80. The summed E-state index contributed by atoms with van der Waals surface area (Å²) in [6.45, 7) is 6.10. The first-order chi connectivity index (χ1) is 8.91. The Morgan fingerprint density at radius 1 is 1.47 bits per heavy atom. The van der Waals surface area contributed by atoms with Crippen molar-refractivity contribution in [3.63, 3.8) is 0 Å². The second kappa shape index (κ2) is 5.37. The van der Waals surface area contributed by atoms with Crippen molar-refractivity contribution in [3.8, 4) is 0 Å². The molecule has 1 saturated carbocycles. The van der Waals surface area contributed by atoms with Gasteiger partial charge in [0.1, 0.15) is 5.78 Å². The van der Waals surface area contributed by atoms with E-state index >= 15 is 0 Å². The SMILES string of the molecule is CC1=CC(O)C2CC(C)CCC2C1(C)C(=O)CCO. The molecule has 108 valence electrons. The van der Waals surface area contributed by atoms with Crippen molar-refractivity contribution >= 4 is 5.78 Å². The average Bonchev–Trinajstić information content (AvgIpc) is 2.36. The Balaban J connectivity index is 2.36. The zero-order valence-electron chi connectivity index (χ0n) is 12.2. The summed E-state index contributed by atoms with van der Waals surface area (Å²) in [5, 5.41) is 19.4. The van der Waals surface area contributed by atoms with Crippen LogP contribution in [-0.4, -0.2) is 28.7 Å². The average molecular weight is 266 g/mol. The van der Waals surface area contributed by atoms with Gasteiger partial charge in [0.05, 0.1) is 11.5 Å². The molecule has 2 aliphatic carbocycles. The Morgan fingerprint density at radius 3 is 2.79 bits per heavy atom. The number of fused-ring (bicyclic) bond motifs is 1. The third-order valence-electron chi connectivity index (χ3n) is 5.50. The highest BCUT2D eigenvalue weighted by molar-refractivity contribution is 5.88. The van der Waals surface area contributed by atoms with Crippen molar-refractivity contribution in [3.05, 3.63) is 11.6 Å². The minimum absolute atomic E-state index is 0.0853. The molecule has 1 fully saturated rings. The van der Waals surface area contributed by atoms with Crippen LogP contribution in [0.25, 0.3) is 0 Å². The topological polar surface area (TPSA) is 57.5 Å². The predicted octanol–water partition coefficient (Wildman–Crippen LogP) is 2.32. The number of ketones is 1.